The second kappa shape index (κ2) is 5.90. The Labute approximate surface area is 130 Å². The molecule has 3 aromatic rings. The van der Waals surface area contributed by atoms with E-state index in [1.165, 1.54) is 17.4 Å². The van der Waals surface area contributed by atoms with E-state index in [-0.39, 0.29) is 5.69 Å². The van der Waals surface area contributed by atoms with Crippen LogP contribution in [0.3, 0.4) is 0 Å². The van der Waals surface area contributed by atoms with Crippen molar-refractivity contribution in [2.45, 2.75) is 6.92 Å². The van der Waals surface area contributed by atoms with Crippen molar-refractivity contribution < 1.29 is 4.92 Å². The van der Waals surface area contributed by atoms with Gasteiger partial charge in [-0.1, -0.05) is 35.6 Å². The van der Waals surface area contributed by atoms with E-state index in [0.717, 1.165) is 10.2 Å². The number of fused-ring (bicyclic) bond motifs is 1. The predicted molar refractivity (Wildman–Crippen MR) is 88.7 cm³/mol. The van der Waals surface area contributed by atoms with Crippen LogP contribution in [0.25, 0.3) is 10.2 Å². The Morgan fingerprint density at radius 1 is 1.32 bits per heavy atom. The number of nitro benzene ring substituents is 1. The number of aromatic nitrogens is 1. The molecule has 22 heavy (non-hydrogen) atoms. The molecule has 0 saturated carbocycles. The van der Waals surface area contributed by atoms with Crippen molar-refractivity contribution in [1.82, 2.24) is 4.98 Å². The molecule has 0 atom stereocenters. The molecule has 0 unspecified atom stereocenters. The summed E-state index contributed by atoms with van der Waals surface area (Å²) in [7, 11) is 0. The largest absolute Gasteiger partial charge is 0.272 e. The lowest BCUT2D eigenvalue weighted by atomic mass is 10.1. The van der Waals surface area contributed by atoms with E-state index >= 15 is 0 Å². The average molecular weight is 312 g/mol. The summed E-state index contributed by atoms with van der Waals surface area (Å²) in [6.45, 7) is 1.71. The van der Waals surface area contributed by atoms with Crippen molar-refractivity contribution in [3.05, 3.63) is 63.7 Å². The number of nitro groups is 1. The van der Waals surface area contributed by atoms with Gasteiger partial charge in [0.2, 0.25) is 5.13 Å². The van der Waals surface area contributed by atoms with E-state index < -0.39 is 4.92 Å². The fraction of sp³-hybridized carbons (Fsp3) is 0.0667. The van der Waals surface area contributed by atoms with Crippen molar-refractivity contribution in [1.29, 1.82) is 0 Å². The number of nitrogens with zero attached hydrogens (tertiary/aromatic N) is 3. The highest BCUT2D eigenvalue weighted by Gasteiger charge is 2.09. The van der Waals surface area contributed by atoms with Gasteiger partial charge in [0.1, 0.15) is 0 Å². The average Bonchev–Trinajstić information content (AvgIpc) is 2.91. The van der Waals surface area contributed by atoms with Crippen LogP contribution in [0.2, 0.25) is 0 Å². The summed E-state index contributed by atoms with van der Waals surface area (Å²) >= 11 is 1.50. The van der Waals surface area contributed by atoms with Crippen molar-refractivity contribution in [2.75, 3.05) is 5.43 Å². The molecule has 3 rings (SSSR count). The summed E-state index contributed by atoms with van der Waals surface area (Å²) in [6, 6.07) is 12.8. The van der Waals surface area contributed by atoms with Gasteiger partial charge in [-0.25, -0.2) is 4.98 Å². The van der Waals surface area contributed by atoms with E-state index in [0.29, 0.717) is 16.3 Å². The summed E-state index contributed by atoms with van der Waals surface area (Å²) in [5, 5.41) is 15.7. The lowest BCUT2D eigenvalue weighted by molar-refractivity contribution is -0.385. The molecule has 0 bridgehead atoms. The SMILES string of the molecule is Cc1ccc(/C=N/Nc2nc3ccccc3s2)cc1[N+](=O)[O-]. The first-order valence-corrected chi connectivity index (χ1v) is 7.35. The van der Waals surface area contributed by atoms with E-state index in [9.17, 15) is 10.1 Å². The van der Waals surface area contributed by atoms with Gasteiger partial charge in [-0.05, 0) is 19.1 Å². The van der Waals surface area contributed by atoms with Crippen LogP contribution < -0.4 is 5.43 Å². The number of aryl methyl sites for hydroxylation is 1. The maximum absolute atomic E-state index is 10.9. The molecule has 0 fully saturated rings. The fourth-order valence-corrected chi connectivity index (χ4v) is 2.80. The van der Waals surface area contributed by atoms with Crippen LogP contribution in [-0.4, -0.2) is 16.1 Å². The standard InChI is InChI=1S/C15H12N4O2S/c1-10-6-7-11(8-13(10)19(20)21)9-16-18-15-17-12-4-2-3-5-14(12)22-15/h2-9H,1H3,(H,17,18)/b16-9+. The third-order valence-corrected chi connectivity index (χ3v) is 4.04. The van der Waals surface area contributed by atoms with E-state index in [1.807, 2.05) is 24.3 Å². The Morgan fingerprint density at radius 3 is 2.91 bits per heavy atom. The van der Waals surface area contributed by atoms with Crippen LogP contribution >= 0.6 is 11.3 Å². The molecule has 0 radical (unpaired) electrons. The monoisotopic (exact) mass is 312 g/mol. The molecule has 110 valence electrons. The number of nitrogens with one attached hydrogen (secondary N) is 1. The van der Waals surface area contributed by atoms with Gasteiger partial charge < -0.3 is 0 Å². The Morgan fingerprint density at radius 2 is 2.14 bits per heavy atom. The number of benzene rings is 2. The normalized spacial score (nSPS) is 11.1. The molecule has 0 spiro atoms. The van der Waals surface area contributed by atoms with E-state index in [2.05, 4.69) is 15.5 Å². The number of anilines is 1. The summed E-state index contributed by atoms with van der Waals surface area (Å²) in [6.07, 6.45) is 1.54. The molecule has 0 aliphatic rings. The van der Waals surface area contributed by atoms with Gasteiger partial charge in [0.15, 0.2) is 0 Å². The number of rotatable bonds is 4. The van der Waals surface area contributed by atoms with Crippen LogP contribution in [0.4, 0.5) is 10.8 Å². The zero-order valence-corrected chi connectivity index (χ0v) is 12.5. The third-order valence-electron chi connectivity index (χ3n) is 3.10. The second-order valence-electron chi connectivity index (χ2n) is 4.66. The summed E-state index contributed by atoms with van der Waals surface area (Å²) in [4.78, 5) is 14.9. The second-order valence-corrected chi connectivity index (χ2v) is 5.69. The number of para-hydroxylation sites is 1. The molecule has 1 N–H and O–H groups in total. The quantitative estimate of drug-likeness (QED) is 0.449. The minimum atomic E-state index is -0.395. The number of hydrazone groups is 1. The molecule has 2 aromatic carbocycles. The van der Waals surface area contributed by atoms with E-state index in [4.69, 9.17) is 0 Å². The zero-order chi connectivity index (χ0) is 15.5. The molecular formula is C15H12N4O2S. The highest BCUT2D eigenvalue weighted by molar-refractivity contribution is 7.22. The van der Waals surface area contributed by atoms with Crippen LogP contribution in [0, 0.1) is 17.0 Å². The maximum atomic E-state index is 10.9. The lowest BCUT2D eigenvalue weighted by Crippen LogP contribution is -1.94. The molecule has 0 aliphatic heterocycles. The molecule has 1 aromatic heterocycles. The van der Waals surface area contributed by atoms with Crippen molar-refractivity contribution in [3.8, 4) is 0 Å². The number of thiazole rings is 1. The maximum Gasteiger partial charge on any atom is 0.272 e. The van der Waals surface area contributed by atoms with Crippen molar-refractivity contribution >= 4 is 38.6 Å². The van der Waals surface area contributed by atoms with Gasteiger partial charge in [0, 0.05) is 17.2 Å². The summed E-state index contributed by atoms with van der Waals surface area (Å²) < 4.78 is 1.08. The van der Waals surface area contributed by atoms with Crippen molar-refractivity contribution in [2.24, 2.45) is 5.10 Å². The molecule has 0 aliphatic carbocycles. The molecule has 0 amide bonds. The van der Waals surface area contributed by atoms with Gasteiger partial charge in [-0.2, -0.15) is 5.10 Å². The molecule has 1 heterocycles. The minimum Gasteiger partial charge on any atom is -0.258 e. The van der Waals surface area contributed by atoms with Crippen LogP contribution in [-0.2, 0) is 0 Å². The van der Waals surface area contributed by atoms with Gasteiger partial charge in [-0.3, -0.25) is 15.5 Å². The first kappa shape index (κ1) is 14.2. The van der Waals surface area contributed by atoms with Crippen LogP contribution in [0.1, 0.15) is 11.1 Å². The van der Waals surface area contributed by atoms with Crippen molar-refractivity contribution in [3.63, 3.8) is 0 Å². The van der Waals surface area contributed by atoms with Crippen LogP contribution in [0.15, 0.2) is 47.6 Å². The molecular weight excluding hydrogens is 300 g/mol. The third kappa shape index (κ3) is 2.94. The Bertz CT molecular complexity index is 840. The van der Waals surface area contributed by atoms with Gasteiger partial charge in [0.25, 0.3) is 5.69 Å². The zero-order valence-electron chi connectivity index (χ0n) is 11.7. The first-order valence-electron chi connectivity index (χ1n) is 6.53. The number of hydrogen-bond donors (Lipinski definition) is 1. The minimum absolute atomic E-state index is 0.0870. The lowest BCUT2D eigenvalue weighted by Gasteiger charge is -1.98. The highest BCUT2D eigenvalue weighted by Crippen LogP contribution is 2.25. The molecule has 7 heteroatoms. The topological polar surface area (TPSA) is 80.4 Å². The van der Waals surface area contributed by atoms with Gasteiger partial charge in [0.05, 0.1) is 21.4 Å². The number of hydrogen-bond acceptors (Lipinski definition) is 6. The Kier molecular flexibility index (Phi) is 3.80. The first-order chi connectivity index (χ1) is 10.6. The summed E-state index contributed by atoms with van der Waals surface area (Å²) in [5.41, 5.74) is 5.14. The van der Waals surface area contributed by atoms with Crippen LogP contribution in [0.5, 0.6) is 0 Å². The fourth-order valence-electron chi connectivity index (χ4n) is 1.99. The Balaban J connectivity index is 1.77. The predicted octanol–water partition coefficient (Wildman–Crippen LogP) is 3.96. The molecule has 6 nitrogen and oxygen atoms in total. The van der Waals surface area contributed by atoms with E-state index in [1.54, 1.807) is 25.3 Å². The van der Waals surface area contributed by atoms with Gasteiger partial charge in [-0.15, -0.1) is 0 Å². The Hall–Kier alpha value is -2.80. The highest BCUT2D eigenvalue weighted by atomic mass is 32.1. The molecule has 0 saturated heterocycles. The summed E-state index contributed by atoms with van der Waals surface area (Å²) in [5.74, 6) is 0. The van der Waals surface area contributed by atoms with Gasteiger partial charge >= 0.3 is 0 Å². The smallest absolute Gasteiger partial charge is 0.258 e.